The third-order valence-electron chi connectivity index (χ3n) is 4.49. The molecule has 0 radical (unpaired) electrons. The molecule has 0 spiro atoms. The molecule has 132 valence electrons. The molecule has 0 saturated carbocycles. The van der Waals surface area contributed by atoms with Crippen molar-refractivity contribution in [3.63, 3.8) is 0 Å². The van der Waals surface area contributed by atoms with Gasteiger partial charge in [0.1, 0.15) is 12.4 Å². The van der Waals surface area contributed by atoms with Crippen LogP contribution in [-0.2, 0) is 6.61 Å². The first-order chi connectivity index (χ1) is 12.1. The smallest absolute Gasteiger partial charge is 0.251 e. The van der Waals surface area contributed by atoms with Crippen LogP contribution in [0.2, 0.25) is 0 Å². The fourth-order valence-electron chi connectivity index (χ4n) is 2.92. The summed E-state index contributed by atoms with van der Waals surface area (Å²) >= 11 is 2.22. The van der Waals surface area contributed by atoms with E-state index in [0.717, 1.165) is 40.8 Å². The Morgan fingerprint density at radius 1 is 1.20 bits per heavy atom. The van der Waals surface area contributed by atoms with Gasteiger partial charge in [-0.25, -0.2) is 0 Å². The molecule has 0 atom stereocenters. The molecule has 25 heavy (non-hydrogen) atoms. The number of hydrogen-bond donors (Lipinski definition) is 1. The van der Waals surface area contributed by atoms with E-state index >= 15 is 0 Å². The van der Waals surface area contributed by atoms with Crippen molar-refractivity contribution in [2.24, 2.45) is 0 Å². The van der Waals surface area contributed by atoms with Crippen molar-refractivity contribution >= 4 is 28.5 Å². The highest BCUT2D eigenvalue weighted by atomic mass is 127. The van der Waals surface area contributed by atoms with Gasteiger partial charge in [0.2, 0.25) is 0 Å². The Balaban J connectivity index is 1.58. The van der Waals surface area contributed by atoms with Gasteiger partial charge in [-0.05, 0) is 79.3 Å². The van der Waals surface area contributed by atoms with Crippen molar-refractivity contribution < 1.29 is 9.53 Å². The van der Waals surface area contributed by atoms with Crippen molar-refractivity contribution in [1.82, 2.24) is 10.2 Å². The zero-order valence-electron chi connectivity index (χ0n) is 14.4. The summed E-state index contributed by atoms with van der Waals surface area (Å²) in [6, 6.07) is 16.0. The summed E-state index contributed by atoms with van der Waals surface area (Å²) < 4.78 is 6.82. The predicted molar refractivity (Wildman–Crippen MR) is 108 cm³/mol. The van der Waals surface area contributed by atoms with Crippen molar-refractivity contribution in [3.8, 4) is 5.75 Å². The Morgan fingerprint density at radius 2 is 1.92 bits per heavy atom. The number of nitrogens with zero attached hydrogens (tertiary/aromatic N) is 1. The number of rotatable bonds is 5. The molecule has 2 aromatic rings. The molecule has 4 nitrogen and oxygen atoms in total. The second-order valence-corrected chi connectivity index (χ2v) is 7.63. The number of piperidine rings is 1. The molecule has 3 rings (SSSR count). The van der Waals surface area contributed by atoms with E-state index in [1.807, 2.05) is 48.5 Å². The highest BCUT2D eigenvalue weighted by molar-refractivity contribution is 14.1. The Hall–Kier alpha value is -1.60. The molecule has 0 unspecified atom stereocenters. The molecule has 2 aromatic carbocycles. The minimum atomic E-state index is 0.00192. The van der Waals surface area contributed by atoms with Gasteiger partial charge in [0.15, 0.2) is 0 Å². The van der Waals surface area contributed by atoms with Crippen LogP contribution in [0, 0.1) is 3.57 Å². The lowest BCUT2D eigenvalue weighted by Crippen LogP contribution is -2.43. The van der Waals surface area contributed by atoms with E-state index in [2.05, 4.69) is 39.9 Å². The van der Waals surface area contributed by atoms with Crippen LogP contribution in [0.15, 0.2) is 48.5 Å². The maximum Gasteiger partial charge on any atom is 0.251 e. The van der Waals surface area contributed by atoms with Gasteiger partial charge in [-0.3, -0.25) is 4.79 Å². The summed E-state index contributed by atoms with van der Waals surface area (Å²) in [5.41, 5.74) is 1.82. The normalized spacial score (nSPS) is 15.8. The fourth-order valence-corrected chi connectivity index (χ4v) is 3.59. The minimum Gasteiger partial charge on any atom is -0.488 e. The maximum absolute atomic E-state index is 12.5. The first-order valence-electron chi connectivity index (χ1n) is 8.57. The second-order valence-electron chi connectivity index (χ2n) is 6.47. The predicted octanol–water partition coefficient (Wildman–Crippen LogP) is 3.69. The highest BCUT2D eigenvalue weighted by Crippen LogP contribution is 2.23. The number of benzene rings is 2. The quantitative estimate of drug-likeness (QED) is 0.707. The number of amides is 1. The lowest BCUT2D eigenvalue weighted by Gasteiger charge is -2.29. The second kappa shape index (κ2) is 8.67. The Bertz CT molecular complexity index is 713. The summed E-state index contributed by atoms with van der Waals surface area (Å²) in [7, 11) is 2.12. The van der Waals surface area contributed by atoms with Crippen LogP contribution in [0.4, 0.5) is 0 Å². The van der Waals surface area contributed by atoms with E-state index in [4.69, 9.17) is 4.74 Å². The van der Waals surface area contributed by atoms with Gasteiger partial charge in [-0.15, -0.1) is 0 Å². The monoisotopic (exact) mass is 450 g/mol. The van der Waals surface area contributed by atoms with E-state index in [1.54, 1.807) is 0 Å². The Morgan fingerprint density at radius 3 is 2.60 bits per heavy atom. The van der Waals surface area contributed by atoms with Gasteiger partial charge in [0.05, 0.1) is 3.57 Å². The zero-order chi connectivity index (χ0) is 17.6. The molecule has 5 heteroatoms. The Kier molecular flexibility index (Phi) is 6.31. The van der Waals surface area contributed by atoms with Crippen LogP contribution in [-0.4, -0.2) is 37.0 Å². The number of carbonyl (C=O) groups is 1. The highest BCUT2D eigenvalue weighted by Gasteiger charge is 2.19. The molecule has 1 heterocycles. The van der Waals surface area contributed by atoms with E-state index in [9.17, 15) is 4.79 Å². The molecule has 1 aliphatic rings. The summed E-state index contributed by atoms with van der Waals surface area (Å²) in [4.78, 5) is 14.8. The summed E-state index contributed by atoms with van der Waals surface area (Å²) in [6.07, 6.45) is 2.02. The van der Waals surface area contributed by atoms with Crippen LogP contribution in [0.3, 0.4) is 0 Å². The van der Waals surface area contributed by atoms with Crippen molar-refractivity contribution in [3.05, 3.63) is 63.2 Å². The molecule has 1 amide bonds. The minimum absolute atomic E-state index is 0.00192. The van der Waals surface area contributed by atoms with Crippen LogP contribution in [0.1, 0.15) is 28.8 Å². The fraction of sp³-hybridized carbons (Fsp3) is 0.350. The van der Waals surface area contributed by atoms with Gasteiger partial charge in [0, 0.05) is 11.6 Å². The number of nitrogens with one attached hydrogen (secondary N) is 1. The number of hydrogen-bond acceptors (Lipinski definition) is 3. The molecular formula is C20H23IN2O2. The lowest BCUT2D eigenvalue weighted by molar-refractivity contribution is 0.0916. The first kappa shape index (κ1) is 18.2. The van der Waals surface area contributed by atoms with Crippen molar-refractivity contribution in [2.75, 3.05) is 20.1 Å². The van der Waals surface area contributed by atoms with Gasteiger partial charge < -0.3 is 15.0 Å². The molecular weight excluding hydrogens is 427 g/mol. The van der Waals surface area contributed by atoms with Crippen LogP contribution >= 0.6 is 22.6 Å². The Labute approximate surface area is 162 Å². The number of carbonyl (C=O) groups excluding carboxylic acids is 1. The largest absolute Gasteiger partial charge is 0.488 e. The van der Waals surface area contributed by atoms with E-state index in [1.165, 1.54) is 0 Å². The standard InChI is InChI=1S/C20H23IN2O2/c1-23-11-9-17(10-12-23)22-20(24)16-7-8-19(18(21)13-16)25-14-15-5-3-2-4-6-15/h2-8,13,17H,9-12,14H2,1H3,(H,22,24). The number of likely N-dealkylation sites (tertiary alicyclic amines) is 1. The average molecular weight is 450 g/mol. The molecule has 0 bridgehead atoms. The molecule has 0 aliphatic carbocycles. The van der Waals surface area contributed by atoms with Gasteiger partial charge in [0.25, 0.3) is 5.91 Å². The van der Waals surface area contributed by atoms with Gasteiger partial charge in [-0.1, -0.05) is 30.3 Å². The maximum atomic E-state index is 12.5. The van der Waals surface area contributed by atoms with E-state index < -0.39 is 0 Å². The zero-order valence-corrected chi connectivity index (χ0v) is 16.5. The van der Waals surface area contributed by atoms with Crippen LogP contribution in [0.25, 0.3) is 0 Å². The molecule has 1 aliphatic heterocycles. The van der Waals surface area contributed by atoms with Crippen molar-refractivity contribution in [1.29, 1.82) is 0 Å². The topological polar surface area (TPSA) is 41.6 Å². The average Bonchev–Trinajstić information content (AvgIpc) is 2.63. The number of ether oxygens (including phenoxy) is 1. The van der Waals surface area contributed by atoms with E-state index in [0.29, 0.717) is 12.2 Å². The molecule has 1 saturated heterocycles. The van der Waals surface area contributed by atoms with Crippen LogP contribution < -0.4 is 10.1 Å². The van der Waals surface area contributed by atoms with E-state index in [-0.39, 0.29) is 11.9 Å². The molecule has 1 N–H and O–H groups in total. The van der Waals surface area contributed by atoms with Crippen LogP contribution in [0.5, 0.6) is 5.75 Å². The van der Waals surface area contributed by atoms with Crippen molar-refractivity contribution in [2.45, 2.75) is 25.5 Å². The molecule has 0 aromatic heterocycles. The number of halogens is 1. The third kappa shape index (κ3) is 5.19. The van der Waals surface area contributed by atoms with Gasteiger partial charge >= 0.3 is 0 Å². The SMILES string of the molecule is CN1CCC(NC(=O)c2ccc(OCc3ccccc3)c(I)c2)CC1. The summed E-state index contributed by atoms with van der Waals surface area (Å²) in [5.74, 6) is 0.808. The lowest BCUT2D eigenvalue weighted by atomic mass is 10.0. The summed E-state index contributed by atoms with van der Waals surface area (Å²) in [5, 5.41) is 3.15. The molecule has 1 fully saturated rings. The summed E-state index contributed by atoms with van der Waals surface area (Å²) in [6.45, 7) is 2.60. The van der Waals surface area contributed by atoms with Gasteiger partial charge in [-0.2, -0.15) is 0 Å². The first-order valence-corrected chi connectivity index (χ1v) is 9.65. The third-order valence-corrected chi connectivity index (χ3v) is 5.33.